The predicted molar refractivity (Wildman–Crippen MR) is 59.1 cm³/mol. The molecule has 76 valence electrons. The predicted octanol–water partition coefficient (Wildman–Crippen LogP) is 2.32. The summed E-state index contributed by atoms with van der Waals surface area (Å²) >= 11 is 11.6. The molecule has 0 aliphatic carbocycles. The molecule has 0 saturated heterocycles. The largest absolute Gasteiger partial charge is 0.313 e. The molecule has 0 aromatic heterocycles. The Balaban J connectivity index is 2.68. The van der Waals surface area contributed by atoms with Crippen molar-refractivity contribution in [1.29, 1.82) is 0 Å². The van der Waals surface area contributed by atoms with Gasteiger partial charge >= 0.3 is 0 Å². The molecule has 0 bridgehead atoms. The van der Waals surface area contributed by atoms with Gasteiger partial charge in [-0.2, -0.15) is 0 Å². The molecule has 1 aromatic carbocycles. The van der Waals surface area contributed by atoms with Gasteiger partial charge in [-0.1, -0.05) is 29.3 Å². The van der Waals surface area contributed by atoms with Gasteiger partial charge in [0.2, 0.25) is 0 Å². The molecule has 1 rings (SSSR count). The third kappa shape index (κ3) is 3.29. The molecular weight excluding hydrogens is 221 g/mol. The minimum absolute atomic E-state index is 0.130. The van der Waals surface area contributed by atoms with Crippen LogP contribution in [0.3, 0.4) is 0 Å². The number of halogens is 2. The Bertz CT molecular complexity index is 339. The van der Waals surface area contributed by atoms with Crippen molar-refractivity contribution in [2.45, 2.75) is 6.42 Å². The number of likely N-dealkylation sites (N-methyl/N-ethyl adjacent to an activating group) is 1. The van der Waals surface area contributed by atoms with Gasteiger partial charge in [-0.05, 0) is 24.7 Å². The minimum atomic E-state index is 0.130. The van der Waals surface area contributed by atoms with E-state index in [0.717, 1.165) is 5.56 Å². The molecule has 0 spiro atoms. The van der Waals surface area contributed by atoms with Gasteiger partial charge in [0, 0.05) is 6.42 Å². The Hall–Kier alpha value is -0.570. The van der Waals surface area contributed by atoms with Crippen molar-refractivity contribution >= 4 is 29.0 Å². The normalized spacial score (nSPS) is 10.2. The topological polar surface area (TPSA) is 29.1 Å². The van der Waals surface area contributed by atoms with Crippen molar-refractivity contribution in [3.05, 3.63) is 33.8 Å². The lowest BCUT2D eigenvalue weighted by Crippen LogP contribution is -2.20. The Kier molecular flexibility index (Phi) is 4.39. The zero-order valence-corrected chi connectivity index (χ0v) is 9.32. The van der Waals surface area contributed by atoms with Crippen molar-refractivity contribution in [3.8, 4) is 0 Å². The third-order valence-electron chi connectivity index (χ3n) is 1.76. The van der Waals surface area contributed by atoms with Crippen molar-refractivity contribution in [1.82, 2.24) is 5.32 Å². The van der Waals surface area contributed by atoms with Crippen molar-refractivity contribution in [2.24, 2.45) is 0 Å². The Labute approximate surface area is 93.2 Å². The monoisotopic (exact) mass is 231 g/mol. The minimum Gasteiger partial charge on any atom is -0.313 e. The lowest BCUT2D eigenvalue weighted by molar-refractivity contribution is -0.117. The standard InChI is InChI=1S/C10H11Cl2NO/c1-13-6-8(14)4-7-2-3-9(11)10(12)5-7/h2-3,5,13H,4,6H2,1H3. The molecule has 4 heteroatoms. The van der Waals surface area contributed by atoms with E-state index >= 15 is 0 Å². The van der Waals surface area contributed by atoms with Crippen LogP contribution in [0.25, 0.3) is 0 Å². The molecule has 0 heterocycles. The number of rotatable bonds is 4. The SMILES string of the molecule is CNCC(=O)Cc1ccc(Cl)c(Cl)c1. The quantitative estimate of drug-likeness (QED) is 0.863. The van der Waals surface area contributed by atoms with E-state index < -0.39 is 0 Å². The highest BCUT2D eigenvalue weighted by molar-refractivity contribution is 6.42. The highest BCUT2D eigenvalue weighted by Gasteiger charge is 2.04. The number of carbonyl (C=O) groups excluding carboxylic acids is 1. The van der Waals surface area contributed by atoms with Gasteiger partial charge in [-0.3, -0.25) is 4.79 Å². The smallest absolute Gasteiger partial charge is 0.150 e. The molecule has 0 amide bonds. The summed E-state index contributed by atoms with van der Waals surface area (Å²) < 4.78 is 0. The number of benzene rings is 1. The summed E-state index contributed by atoms with van der Waals surface area (Å²) in [7, 11) is 1.74. The average molecular weight is 232 g/mol. The number of hydrogen-bond donors (Lipinski definition) is 1. The lowest BCUT2D eigenvalue weighted by atomic mass is 10.1. The van der Waals surface area contributed by atoms with Gasteiger partial charge in [0.05, 0.1) is 16.6 Å². The molecule has 2 nitrogen and oxygen atoms in total. The number of nitrogens with one attached hydrogen (secondary N) is 1. The molecule has 1 aromatic rings. The zero-order valence-electron chi connectivity index (χ0n) is 7.81. The van der Waals surface area contributed by atoms with Crippen LogP contribution in [0.15, 0.2) is 18.2 Å². The fraction of sp³-hybridized carbons (Fsp3) is 0.300. The maximum atomic E-state index is 11.3. The molecule has 0 aliphatic rings. The Morgan fingerprint density at radius 2 is 2.07 bits per heavy atom. The van der Waals surface area contributed by atoms with Crippen LogP contribution in [0.1, 0.15) is 5.56 Å². The van der Waals surface area contributed by atoms with Gasteiger partial charge in [0.1, 0.15) is 0 Å². The number of hydrogen-bond acceptors (Lipinski definition) is 2. The van der Waals surface area contributed by atoms with Gasteiger partial charge in [0.25, 0.3) is 0 Å². The summed E-state index contributed by atoms with van der Waals surface area (Å²) in [6, 6.07) is 5.23. The fourth-order valence-electron chi connectivity index (χ4n) is 1.14. The van der Waals surface area contributed by atoms with Gasteiger partial charge in [0.15, 0.2) is 5.78 Å². The van der Waals surface area contributed by atoms with E-state index in [9.17, 15) is 4.79 Å². The van der Waals surface area contributed by atoms with Crippen LogP contribution in [0.4, 0.5) is 0 Å². The van der Waals surface area contributed by atoms with Crippen molar-refractivity contribution in [2.75, 3.05) is 13.6 Å². The molecule has 1 N–H and O–H groups in total. The van der Waals surface area contributed by atoms with Crippen LogP contribution >= 0.6 is 23.2 Å². The molecule has 0 radical (unpaired) electrons. The van der Waals surface area contributed by atoms with E-state index in [1.54, 1.807) is 19.2 Å². The first kappa shape index (κ1) is 11.5. The number of carbonyl (C=O) groups is 1. The first-order chi connectivity index (χ1) is 6.63. The summed E-state index contributed by atoms with van der Waals surface area (Å²) in [5.41, 5.74) is 0.889. The highest BCUT2D eigenvalue weighted by Crippen LogP contribution is 2.22. The summed E-state index contributed by atoms with van der Waals surface area (Å²) in [4.78, 5) is 11.3. The maximum absolute atomic E-state index is 11.3. The van der Waals surface area contributed by atoms with E-state index in [1.165, 1.54) is 0 Å². The highest BCUT2D eigenvalue weighted by atomic mass is 35.5. The average Bonchev–Trinajstić information content (AvgIpc) is 2.12. The van der Waals surface area contributed by atoms with E-state index in [4.69, 9.17) is 23.2 Å². The van der Waals surface area contributed by atoms with Crippen molar-refractivity contribution in [3.63, 3.8) is 0 Å². The van der Waals surface area contributed by atoms with E-state index in [-0.39, 0.29) is 5.78 Å². The van der Waals surface area contributed by atoms with Gasteiger partial charge in [-0.25, -0.2) is 0 Å². The first-order valence-corrected chi connectivity index (χ1v) is 4.99. The molecule has 0 aliphatic heterocycles. The van der Waals surface area contributed by atoms with Crippen LogP contribution in [-0.4, -0.2) is 19.4 Å². The van der Waals surface area contributed by atoms with Gasteiger partial charge in [-0.15, -0.1) is 0 Å². The Morgan fingerprint density at radius 3 is 2.64 bits per heavy atom. The third-order valence-corrected chi connectivity index (χ3v) is 2.50. The second-order valence-electron chi connectivity index (χ2n) is 2.99. The van der Waals surface area contributed by atoms with E-state index in [1.807, 2.05) is 6.07 Å². The summed E-state index contributed by atoms with van der Waals surface area (Å²) in [5, 5.41) is 3.80. The van der Waals surface area contributed by atoms with Crippen molar-refractivity contribution < 1.29 is 4.79 Å². The second-order valence-corrected chi connectivity index (χ2v) is 3.81. The number of Topliss-reactive ketones (excluding diaryl/α,β-unsaturated/α-hetero) is 1. The van der Waals surface area contributed by atoms with E-state index in [2.05, 4.69) is 5.32 Å². The molecule has 0 fully saturated rings. The molecule has 0 atom stereocenters. The molecular formula is C10H11Cl2NO. The van der Waals surface area contributed by atoms with Crippen LogP contribution in [0, 0.1) is 0 Å². The molecule has 14 heavy (non-hydrogen) atoms. The molecule has 0 saturated carbocycles. The maximum Gasteiger partial charge on any atom is 0.150 e. The second kappa shape index (κ2) is 5.35. The van der Waals surface area contributed by atoms with Gasteiger partial charge < -0.3 is 5.32 Å². The summed E-state index contributed by atoms with van der Waals surface area (Å²) in [6.07, 6.45) is 0.387. The summed E-state index contributed by atoms with van der Waals surface area (Å²) in [5.74, 6) is 0.130. The first-order valence-electron chi connectivity index (χ1n) is 4.23. The zero-order chi connectivity index (χ0) is 10.6. The Morgan fingerprint density at radius 1 is 1.36 bits per heavy atom. The van der Waals surface area contributed by atoms with E-state index in [0.29, 0.717) is 23.0 Å². The van der Waals surface area contributed by atoms with Crippen LogP contribution < -0.4 is 5.32 Å². The van der Waals surface area contributed by atoms with Crippen LogP contribution in [-0.2, 0) is 11.2 Å². The fourth-order valence-corrected chi connectivity index (χ4v) is 1.46. The molecule has 0 unspecified atom stereocenters. The summed E-state index contributed by atoms with van der Waals surface area (Å²) in [6.45, 7) is 0.375. The van der Waals surface area contributed by atoms with Crippen LogP contribution in [0.2, 0.25) is 10.0 Å². The lowest BCUT2D eigenvalue weighted by Gasteiger charge is -2.02. The van der Waals surface area contributed by atoms with Crippen LogP contribution in [0.5, 0.6) is 0 Å². The number of ketones is 1.